The normalized spacial score (nSPS) is 10.6. The highest BCUT2D eigenvalue weighted by atomic mass is 15.2. The molecule has 3 aromatic carbocycles. The number of aromatic nitrogens is 2. The lowest BCUT2D eigenvalue weighted by molar-refractivity contribution is 1.16. The second kappa shape index (κ2) is 9.59. The zero-order chi connectivity index (χ0) is 23.3. The van der Waals surface area contributed by atoms with Crippen LogP contribution in [0.2, 0.25) is 0 Å². The lowest BCUT2D eigenvalue weighted by atomic mass is 10.1. The summed E-state index contributed by atoms with van der Waals surface area (Å²) < 4.78 is 0. The van der Waals surface area contributed by atoms with Crippen molar-refractivity contribution in [3.05, 3.63) is 133 Å². The molecule has 0 bridgehead atoms. The molecular formula is C30H26N4. The highest BCUT2D eigenvalue weighted by molar-refractivity contribution is 5.79. The Hall–Kier alpha value is -4.44. The number of benzene rings is 3. The van der Waals surface area contributed by atoms with Crippen LogP contribution in [0.3, 0.4) is 0 Å². The van der Waals surface area contributed by atoms with Gasteiger partial charge >= 0.3 is 0 Å². The van der Waals surface area contributed by atoms with Crippen molar-refractivity contribution in [1.82, 2.24) is 9.97 Å². The van der Waals surface area contributed by atoms with E-state index in [0.717, 1.165) is 34.4 Å². The molecule has 0 amide bonds. The van der Waals surface area contributed by atoms with E-state index in [9.17, 15) is 0 Å². The van der Waals surface area contributed by atoms with E-state index in [1.54, 1.807) is 0 Å². The SMILES string of the molecule is Cc1ccc(N(c2ccc(N(c3ccc(C)cc3)c3ccccn3)cc2)c2ccccn2)cc1. The Morgan fingerprint density at radius 3 is 1.03 bits per heavy atom. The van der Waals surface area contributed by atoms with Crippen LogP contribution in [0, 0.1) is 13.8 Å². The molecule has 0 fully saturated rings. The van der Waals surface area contributed by atoms with Crippen LogP contribution in [-0.4, -0.2) is 9.97 Å². The van der Waals surface area contributed by atoms with Crippen molar-refractivity contribution in [3.63, 3.8) is 0 Å². The van der Waals surface area contributed by atoms with Gasteiger partial charge in [0.15, 0.2) is 0 Å². The first-order valence-corrected chi connectivity index (χ1v) is 11.3. The molecule has 166 valence electrons. The molecule has 0 aliphatic rings. The predicted octanol–water partition coefficient (Wildman–Crippen LogP) is 8.03. The topological polar surface area (TPSA) is 32.3 Å². The van der Waals surface area contributed by atoms with Gasteiger partial charge < -0.3 is 0 Å². The first-order chi connectivity index (χ1) is 16.7. The lowest BCUT2D eigenvalue weighted by Crippen LogP contribution is -2.13. The Morgan fingerprint density at radius 1 is 0.412 bits per heavy atom. The third-order valence-electron chi connectivity index (χ3n) is 5.71. The molecule has 0 aliphatic carbocycles. The third-order valence-corrected chi connectivity index (χ3v) is 5.71. The molecule has 0 saturated heterocycles. The smallest absolute Gasteiger partial charge is 0.137 e. The Balaban J connectivity index is 1.57. The van der Waals surface area contributed by atoms with Crippen LogP contribution < -0.4 is 9.80 Å². The van der Waals surface area contributed by atoms with Gasteiger partial charge in [0.25, 0.3) is 0 Å². The fourth-order valence-corrected chi connectivity index (χ4v) is 3.94. The minimum absolute atomic E-state index is 0.874. The van der Waals surface area contributed by atoms with Crippen molar-refractivity contribution in [1.29, 1.82) is 0 Å². The summed E-state index contributed by atoms with van der Waals surface area (Å²) in [4.78, 5) is 13.6. The zero-order valence-corrected chi connectivity index (χ0v) is 19.3. The molecule has 5 rings (SSSR count). The summed E-state index contributed by atoms with van der Waals surface area (Å²) in [5.41, 5.74) is 6.66. The van der Waals surface area contributed by atoms with Crippen molar-refractivity contribution in [2.75, 3.05) is 9.80 Å². The number of hydrogen-bond donors (Lipinski definition) is 0. The van der Waals surface area contributed by atoms with Crippen molar-refractivity contribution in [2.45, 2.75) is 13.8 Å². The van der Waals surface area contributed by atoms with E-state index < -0.39 is 0 Å². The molecule has 0 unspecified atom stereocenters. The molecule has 0 atom stereocenters. The van der Waals surface area contributed by atoms with E-state index in [-0.39, 0.29) is 0 Å². The fraction of sp³-hybridized carbons (Fsp3) is 0.0667. The minimum Gasteiger partial charge on any atom is -0.295 e. The maximum Gasteiger partial charge on any atom is 0.137 e. The monoisotopic (exact) mass is 442 g/mol. The van der Waals surface area contributed by atoms with Crippen LogP contribution in [0.4, 0.5) is 34.4 Å². The van der Waals surface area contributed by atoms with Crippen LogP contribution in [0.25, 0.3) is 0 Å². The van der Waals surface area contributed by atoms with E-state index in [1.807, 2.05) is 48.8 Å². The summed E-state index contributed by atoms with van der Waals surface area (Å²) in [5, 5.41) is 0. The Bertz CT molecular complexity index is 1220. The van der Waals surface area contributed by atoms with Gasteiger partial charge in [0, 0.05) is 35.1 Å². The molecule has 4 heteroatoms. The quantitative estimate of drug-likeness (QED) is 0.266. The maximum atomic E-state index is 4.62. The summed E-state index contributed by atoms with van der Waals surface area (Å²) in [6.45, 7) is 4.20. The molecule has 0 radical (unpaired) electrons. The Morgan fingerprint density at radius 2 is 0.735 bits per heavy atom. The molecule has 4 nitrogen and oxygen atoms in total. The van der Waals surface area contributed by atoms with E-state index >= 15 is 0 Å². The van der Waals surface area contributed by atoms with Gasteiger partial charge in [-0.05, 0) is 86.6 Å². The van der Waals surface area contributed by atoms with E-state index in [2.05, 4.69) is 106 Å². The molecule has 2 aromatic heterocycles. The van der Waals surface area contributed by atoms with E-state index in [0.29, 0.717) is 0 Å². The highest BCUT2D eigenvalue weighted by Gasteiger charge is 2.16. The van der Waals surface area contributed by atoms with Crippen molar-refractivity contribution < 1.29 is 0 Å². The van der Waals surface area contributed by atoms with Gasteiger partial charge in [0.2, 0.25) is 0 Å². The number of hydrogen-bond acceptors (Lipinski definition) is 4. The van der Waals surface area contributed by atoms with Gasteiger partial charge in [0.1, 0.15) is 11.6 Å². The first-order valence-electron chi connectivity index (χ1n) is 11.3. The van der Waals surface area contributed by atoms with Crippen LogP contribution in [-0.2, 0) is 0 Å². The van der Waals surface area contributed by atoms with Crippen LogP contribution in [0.5, 0.6) is 0 Å². The lowest BCUT2D eigenvalue weighted by Gasteiger charge is -2.27. The second-order valence-corrected chi connectivity index (χ2v) is 8.23. The molecular weight excluding hydrogens is 416 g/mol. The van der Waals surface area contributed by atoms with Crippen molar-refractivity contribution in [2.24, 2.45) is 0 Å². The summed E-state index contributed by atoms with van der Waals surface area (Å²) in [5.74, 6) is 1.75. The summed E-state index contributed by atoms with van der Waals surface area (Å²) in [6.07, 6.45) is 3.65. The largest absolute Gasteiger partial charge is 0.295 e. The van der Waals surface area contributed by atoms with Gasteiger partial charge in [-0.25, -0.2) is 9.97 Å². The molecule has 5 aromatic rings. The molecule has 0 saturated carbocycles. The zero-order valence-electron chi connectivity index (χ0n) is 19.3. The number of aryl methyl sites for hydroxylation is 2. The van der Waals surface area contributed by atoms with Gasteiger partial charge in [-0.1, -0.05) is 47.5 Å². The second-order valence-electron chi connectivity index (χ2n) is 8.23. The Kier molecular flexibility index (Phi) is 6.04. The maximum absolute atomic E-state index is 4.62. The average Bonchev–Trinajstić information content (AvgIpc) is 2.89. The van der Waals surface area contributed by atoms with Crippen LogP contribution in [0.15, 0.2) is 122 Å². The van der Waals surface area contributed by atoms with Gasteiger partial charge in [-0.3, -0.25) is 9.80 Å². The van der Waals surface area contributed by atoms with Crippen LogP contribution in [0.1, 0.15) is 11.1 Å². The number of rotatable bonds is 6. The molecule has 0 aliphatic heterocycles. The van der Waals surface area contributed by atoms with Crippen molar-refractivity contribution >= 4 is 34.4 Å². The van der Waals surface area contributed by atoms with E-state index in [4.69, 9.17) is 0 Å². The molecule has 0 spiro atoms. The summed E-state index contributed by atoms with van der Waals surface area (Å²) >= 11 is 0. The van der Waals surface area contributed by atoms with Gasteiger partial charge in [-0.2, -0.15) is 0 Å². The minimum atomic E-state index is 0.874. The first kappa shape index (κ1) is 21.4. The predicted molar refractivity (Wildman–Crippen MR) is 141 cm³/mol. The number of nitrogens with zero attached hydrogens (tertiary/aromatic N) is 4. The van der Waals surface area contributed by atoms with Crippen LogP contribution >= 0.6 is 0 Å². The average molecular weight is 443 g/mol. The standard InChI is InChI=1S/C30H26N4/c1-23-9-13-25(14-10-23)33(29-7-3-5-21-31-29)27-17-19-28(20-18-27)34(30-8-4-6-22-32-30)26-15-11-24(2)12-16-26/h3-22H,1-2H3. The molecule has 2 heterocycles. The Labute approximate surface area is 200 Å². The number of pyridine rings is 2. The van der Waals surface area contributed by atoms with Crippen molar-refractivity contribution in [3.8, 4) is 0 Å². The molecule has 34 heavy (non-hydrogen) atoms. The third kappa shape index (κ3) is 4.52. The summed E-state index contributed by atoms with van der Waals surface area (Å²) in [6, 6.07) is 37.5. The molecule has 0 N–H and O–H groups in total. The fourth-order valence-electron chi connectivity index (χ4n) is 3.94. The summed E-state index contributed by atoms with van der Waals surface area (Å²) in [7, 11) is 0. The van der Waals surface area contributed by atoms with Gasteiger partial charge in [0.05, 0.1) is 0 Å². The van der Waals surface area contributed by atoms with Gasteiger partial charge in [-0.15, -0.1) is 0 Å². The number of anilines is 6. The highest BCUT2D eigenvalue weighted by Crippen LogP contribution is 2.37. The van der Waals surface area contributed by atoms with E-state index in [1.165, 1.54) is 11.1 Å².